The minimum Gasteiger partial charge on any atom is -0.490 e. The summed E-state index contributed by atoms with van der Waals surface area (Å²) in [5, 5.41) is 5.19. The summed E-state index contributed by atoms with van der Waals surface area (Å²) in [6, 6.07) is 4.08. The maximum atomic E-state index is 11.1. The number of ether oxygens (including phenoxy) is 2. The van der Waals surface area contributed by atoms with Crippen LogP contribution < -0.4 is 9.88 Å². The fourth-order valence-electron chi connectivity index (χ4n) is 1.28. The van der Waals surface area contributed by atoms with Crippen molar-refractivity contribution >= 4 is 21.6 Å². The van der Waals surface area contributed by atoms with Crippen LogP contribution in [0.5, 0.6) is 5.75 Å². The standard InChI is InChI=1S/C12H18ClNO4S/c1-12(2,3)18-7-6-17-11-5-4-9(8-10(11)13)19(14,15)16/h4-5,8H,6-7H2,1-3H3,(H2,14,15,16). The third kappa shape index (κ3) is 5.78. The van der Waals surface area contributed by atoms with E-state index in [1.165, 1.54) is 18.2 Å². The van der Waals surface area contributed by atoms with Crippen LogP contribution in [0.2, 0.25) is 5.02 Å². The van der Waals surface area contributed by atoms with Gasteiger partial charge in [0, 0.05) is 0 Å². The lowest BCUT2D eigenvalue weighted by Crippen LogP contribution is -2.22. The molecule has 1 aromatic carbocycles. The highest BCUT2D eigenvalue weighted by Crippen LogP contribution is 2.26. The van der Waals surface area contributed by atoms with Crippen LogP contribution in [0.4, 0.5) is 0 Å². The third-order valence-corrected chi connectivity index (χ3v) is 3.31. The largest absolute Gasteiger partial charge is 0.490 e. The average Bonchev–Trinajstić information content (AvgIpc) is 2.23. The van der Waals surface area contributed by atoms with E-state index in [1.54, 1.807) is 0 Å². The Morgan fingerprint density at radius 3 is 2.37 bits per heavy atom. The highest BCUT2D eigenvalue weighted by atomic mass is 35.5. The van der Waals surface area contributed by atoms with Crippen molar-refractivity contribution in [2.24, 2.45) is 5.14 Å². The molecule has 2 N–H and O–H groups in total. The van der Waals surface area contributed by atoms with E-state index in [4.69, 9.17) is 26.2 Å². The second-order valence-electron chi connectivity index (χ2n) is 4.95. The minimum atomic E-state index is -3.75. The normalized spacial score (nSPS) is 12.5. The first kappa shape index (κ1) is 16.2. The molecule has 108 valence electrons. The minimum absolute atomic E-state index is 0.0456. The van der Waals surface area contributed by atoms with Gasteiger partial charge in [0.1, 0.15) is 12.4 Å². The van der Waals surface area contributed by atoms with E-state index in [9.17, 15) is 8.42 Å². The Morgan fingerprint density at radius 1 is 1.26 bits per heavy atom. The number of primary sulfonamides is 1. The molecule has 0 aliphatic carbocycles. The van der Waals surface area contributed by atoms with Crippen LogP contribution in [0.25, 0.3) is 0 Å². The van der Waals surface area contributed by atoms with E-state index in [0.717, 1.165) is 0 Å². The quantitative estimate of drug-likeness (QED) is 0.846. The third-order valence-electron chi connectivity index (χ3n) is 2.11. The summed E-state index contributed by atoms with van der Waals surface area (Å²) < 4.78 is 33.1. The fourth-order valence-corrected chi connectivity index (χ4v) is 2.11. The molecule has 1 aromatic rings. The van der Waals surface area contributed by atoms with Crippen molar-refractivity contribution < 1.29 is 17.9 Å². The Hall–Kier alpha value is -0.820. The Bertz CT molecular complexity index is 537. The van der Waals surface area contributed by atoms with Crippen LogP contribution in [0.3, 0.4) is 0 Å². The monoisotopic (exact) mass is 307 g/mol. The molecule has 7 heteroatoms. The Balaban J connectivity index is 2.61. The van der Waals surface area contributed by atoms with E-state index in [2.05, 4.69) is 0 Å². The molecule has 0 aliphatic heterocycles. The lowest BCUT2D eigenvalue weighted by Gasteiger charge is -2.19. The average molecular weight is 308 g/mol. The first-order valence-corrected chi connectivity index (χ1v) is 7.61. The molecule has 0 saturated carbocycles. The number of halogens is 1. The maximum Gasteiger partial charge on any atom is 0.238 e. The zero-order chi connectivity index (χ0) is 14.7. The van der Waals surface area contributed by atoms with Gasteiger partial charge in [-0.3, -0.25) is 0 Å². The molecule has 0 atom stereocenters. The molecule has 0 radical (unpaired) electrons. The first-order chi connectivity index (χ1) is 8.59. The molecule has 0 aromatic heterocycles. The highest BCUT2D eigenvalue weighted by molar-refractivity contribution is 7.89. The van der Waals surface area contributed by atoms with Gasteiger partial charge in [-0.2, -0.15) is 0 Å². The Labute approximate surface area is 118 Å². The molecule has 5 nitrogen and oxygen atoms in total. The molecule has 0 heterocycles. The lowest BCUT2D eigenvalue weighted by atomic mass is 10.2. The van der Waals surface area contributed by atoms with Gasteiger partial charge >= 0.3 is 0 Å². The summed E-state index contributed by atoms with van der Waals surface area (Å²) in [6.07, 6.45) is 0. The van der Waals surface area contributed by atoms with Crippen LogP contribution in [-0.2, 0) is 14.8 Å². The van der Waals surface area contributed by atoms with E-state index >= 15 is 0 Å². The van der Waals surface area contributed by atoms with Crippen molar-refractivity contribution in [1.29, 1.82) is 0 Å². The fraction of sp³-hybridized carbons (Fsp3) is 0.500. The van der Waals surface area contributed by atoms with E-state index in [0.29, 0.717) is 19.0 Å². The maximum absolute atomic E-state index is 11.1. The number of sulfonamides is 1. The summed E-state index contributed by atoms with van der Waals surface area (Å²) >= 11 is 5.92. The van der Waals surface area contributed by atoms with Crippen molar-refractivity contribution in [2.75, 3.05) is 13.2 Å². The molecule has 0 aliphatic rings. The van der Waals surface area contributed by atoms with Crippen molar-refractivity contribution in [1.82, 2.24) is 0 Å². The van der Waals surface area contributed by atoms with E-state index < -0.39 is 10.0 Å². The summed E-state index contributed by atoms with van der Waals surface area (Å²) in [5.74, 6) is 0.395. The van der Waals surface area contributed by atoms with Crippen molar-refractivity contribution in [3.63, 3.8) is 0 Å². The van der Waals surface area contributed by atoms with Crippen molar-refractivity contribution in [2.45, 2.75) is 31.3 Å². The summed E-state index contributed by atoms with van der Waals surface area (Å²) in [6.45, 7) is 6.57. The molecular formula is C12H18ClNO4S. The molecule has 1 rings (SSSR count). The summed E-state index contributed by atoms with van der Waals surface area (Å²) in [4.78, 5) is -0.0456. The van der Waals surface area contributed by atoms with Crippen molar-refractivity contribution in [3.8, 4) is 5.75 Å². The molecular weight excluding hydrogens is 290 g/mol. The molecule has 0 amide bonds. The second-order valence-corrected chi connectivity index (χ2v) is 6.92. The smallest absolute Gasteiger partial charge is 0.238 e. The number of benzene rings is 1. The van der Waals surface area contributed by atoms with Crippen molar-refractivity contribution in [3.05, 3.63) is 23.2 Å². The summed E-state index contributed by atoms with van der Waals surface area (Å²) in [7, 11) is -3.75. The van der Waals surface area contributed by atoms with Gasteiger partial charge in [-0.25, -0.2) is 13.6 Å². The van der Waals surface area contributed by atoms with Gasteiger partial charge in [0.05, 0.1) is 22.1 Å². The van der Waals surface area contributed by atoms with Gasteiger partial charge in [0.25, 0.3) is 0 Å². The topological polar surface area (TPSA) is 78.6 Å². The zero-order valence-electron chi connectivity index (χ0n) is 11.1. The molecule has 0 unspecified atom stereocenters. The van der Waals surface area contributed by atoms with Crippen LogP contribution in [0, 0.1) is 0 Å². The van der Waals surface area contributed by atoms with Gasteiger partial charge in [0.15, 0.2) is 0 Å². The van der Waals surface area contributed by atoms with Crippen LogP contribution in [0.1, 0.15) is 20.8 Å². The first-order valence-electron chi connectivity index (χ1n) is 5.69. The predicted octanol–water partition coefficient (Wildman–Crippen LogP) is 2.18. The zero-order valence-corrected chi connectivity index (χ0v) is 12.7. The van der Waals surface area contributed by atoms with Gasteiger partial charge in [-0.1, -0.05) is 11.6 Å². The second kappa shape index (κ2) is 6.09. The molecule has 0 spiro atoms. The number of rotatable bonds is 5. The molecule has 19 heavy (non-hydrogen) atoms. The number of hydrogen-bond donors (Lipinski definition) is 1. The Morgan fingerprint density at radius 2 is 1.89 bits per heavy atom. The van der Waals surface area contributed by atoms with E-state index in [1.807, 2.05) is 20.8 Å². The highest BCUT2D eigenvalue weighted by Gasteiger charge is 2.12. The number of hydrogen-bond acceptors (Lipinski definition) is 4. The van der Waals surface area contributed by atoms with E-state index in [-0.39, 0.29) is 15.5 Å². The van der Waals surface area contributed by atoms with Crippen LogP contribution >= 0.6 is 11.6 Å². The molecule has 0 bridgehead atoms. The number of nitrogens with two attached hydrogens (primary N) is 1. The predicted molar refractivity (Wildman–Crippen MR) is 74.0 cm³/mol. The van der Waals surface area contributed by atoms with Gasteiger partial charge < -0.3 is 9.47 Å². The van der Waals surface area contributed by atoms with Gasteiger partial charge in [-0.15, -0.1) is 0 Å². The lowest BCUT2D eigenvalue weighted by molar-refractivity contribution is -0.0162. The summed E-state index contributed by atoms with van der Waals surface area (Å²) in [5.41, 5.74) is -0.232. The molecule has 0 fully saturated rings. The molecule has 0 saturated heterocycles. The van der Waals surface area contributed by atoms with Gasteiger partial charge in [-0.05, 0) is 39.0 Å². The SMILES string of the molecule is CC(C)(C)OCCOc1ccc(S(N)(=O)=O)cc1Cl. The van der Waals surface area contributed by atoms with Crippen LogP contribution in [0.15, 0.2) is 23.1 Å². The van der Waals surface area contributed by atoms with Crippen LogP contribution in [-0.4, -0.2) is 27.2 Å². The van der Waals surface area contributed by atoms with Gasteiger partial charge in [0.2, 0.25) is 10.0 Å². The Kier molecular flexibility index (Phi) is 5.20.